The number of hydrogen-bond donors (Lipinski definition) is 1. The first-order valence-corrected chi connectivity index (χ1v) is 7.66. The fourth-order valence-electron chi connectivity index (χ4n) is 2.56. The van der Waals surface area contributed by atoms with Gasteiger partial charge in [-0.2, -0.15) is 0 Å². The van der Waals surface area contributed by atoms with Gasteiger partial charge >= 0.3 is 0 Å². The summed E-state index contributed by atoms with van der Waals surface area (Å²) in [6.45, 7) is 3.50. The topological polar surface area (TPSA) is 46.3 Å². The molecule has 1 aromatic rings. The molecule has 0 saturated carbocycles. The number of piperidine rings is 1. The van der Waals surface area contributed by atoms with Gasteiger partial charge in [-0.25, -0.2) is 0 Å². The van der Waals surface area contributed by atoms with E-state index in [9.17, 15) is 4.79 Å². The van der Waals surface area contributed by atoms with Crippen LogP contribution in [-0.2, 0) is 0 Å². The van der Waals surface area contributed by atoms with Crippen molar-refractivity contribution in [1.82, 2.24) is 4.90 Å². The predicted octanol–water partition coefficient (Wildman–Crippen LogP) is 3.72. The van der Waals surface area contributed by atoms with E-state index in [0.29, 0.717) is 23.0 Å². The molecule has 1 saturated heterocycles. The van der Waals surface area contributed by atoms with Crippen LogP contribution in [0.1, 0.15) is 30.1 Å². The molecule has 20 heavy (non-hydrogen) atoms. The maximum Gasteiger partial charge on any atom is 0.255 e. The van der Waals surface area contributed by atoms with Crippen LogP contribution in [0.15, 0.2) is 22.7 Å². The van der Waals surface area contributed by atoms with E-state index in [2.05, 4.69) is 22.9 Å². The van der Waals surface area contributed by atoms with E-state index in [1.165, 1.54) is 0 Å². The highest BCUT2D eigenvalue weighted by atomic mass is 79.9. The highest BCUT2D eigenvalue weighted by Gasteiger charge is 2.30. The Morgan fingerprint density at radius 2 is 2.25 bits per heavy atom. The maximum atomic E-state index is 12.6. The molecule has 0 aromatic heterocycles. The Morgan fingerprint density at radius 1 is 1.55 bits per heavy atom. The standard InChI is InChI=1S/C14H18BrClN2O.ClH/c1-9-4-5-18(11(6-9)8-17)14(19)12-3-2-10(16)7-13(12)15;/h2-3,7,9,11H,4-6,8,17H2,1H3;1H. The molecular formula is C14H19BrCl2N2O. The molecule has 1 aliphatic heterocycles. The fourth-order valence-corrected chi connectivity index (χ4v) is 3.41. The smallest absolute Gasteiger partial charge is 0.255 e. The zero-order chi connectivity index (χ0) is 14.0. The Bertz CT molecular complexity index is 484. The summed E-state index contributed by atoms with van der Waals surface area (Å²) < 4.78 is 0.736. The zero-order valence-electron chi connectivity index (χ0n) is 11.3. The lowest BCUT2D eigenvalue weighted by molar-refractivity contribution is 0.0572. The summed E-state index contributed by atoms with van der Waals surface area (Å²) in [5, 5.41) is 0.617. The maximum absolute atomic E-state index is 12.6. The van der Waals surface area contributed by atoms with Gasteiger partial charge in [-0.3, -0.25) is 4.79 Å². The van der Waals surface area contributed by atoms with Crippen molar-refractivity contribution in [3.63, 3.8) is 0 Å². The third-order valence-electron chi connectivity index (χ3n) is 3.67. The van der Waals surface area contributed by atoms with Crippen molar-refractivity contribution in [2.75, 3.05) is 13.1 Å². The van der Waals surface area contributed by atoms with Gasteiger partial charge in [0.25, 0.3) is 5.91 Å². The minimum Gasteiger partial charge on any atom is -0.334 e. The molecule has 6 heteroatoms. The Morgan fingerprint density at radius 3 is 2.85 bits per heavy atom. The van der Waals surface area contributed by atoms with Crippen LogP contribution in [0, 0.1) is 5.92 Å². The third kappa shape index (κ3) is 3.88. The van der Waals surface area contributed by atoms with Gasteiger partial charge in [-0.05, 0) is 52.9 Å². The molecule has 0 spiro atoms. The third-order valence-corrected chi connectivity index (χ3v) is 4.56. The molecular weight excluding hydrogens is 363 g/mol. The Kier molecular flexibility index (Phi) is 6.79. The molecule has 1 heterocycles. The van der Waals surface area contributed by atoms with Gasteiger partial charge in [-0.1, -0.05) is 18.5 Å². The summed E-state index contributed by atoms with van der Waals surface area (Å²) in [6, 6.07) is 5.39. The Hall–Kier alpha value is -0.290. The molecule has 3 nitrogen and oxygen atoms in total. The van der Waals surface area contributed by atoms with E-state index in [-0.39, 0.29) is 24.4 Å². The van der Waals surface area contributed by atoms with Crippen molar-refractivity contribution in [3.05, 3.63) is 33.3 Å². The monoisotopic (exact) mass is 380 g/mol. The van der Waals surface area contributed by atoms with Crippen LogP contribution in [0.5, 0.6) is 0 Å². The van der Waals surface area contributed by atoms with Crippen LogP contribution in [0.2, 0.25) is 5.02 Å². The molecule has 112 valence electrons. The van der Waals surface area contributed by atoms with Gasteiger partial charge < -0.3 is 10.6 Å². The summed E-state index contributed by atoms with van der Waals surface area (Å²) in [6.07, 6.45) is 2.01. The number of benzene rings is 1. The van der Waals surface area contributed by atoms with Gasteiger partial charge in [-0.15, -0.1) is 12.4 Å². The molecule has 0 bridgehead atoms. The summed E-state index contributed by atoms with van der Waals surface area (Å²) in [5.74, 6) is 0.664. The second-order valence-corrected chi connectivity index (χ2v) is 6.43. The van der Waals surface area contributed by atoms with Crippen molar-refractivity contribution >= 4 is 45.8 Å². The largest absolute Gasteiger partial charge is 0.334 e. The van der Waals surface area contributed by atoms with Crippen LogP contribution >= 0.6 is 39.9 Å². The molecule has 1 amide bonds. The number of carbonyl (C=O) groups excluding carboxylic acids is 1. The molecule has 0 radical (unpaired) electrons. The normalized spacial score (nSPS) is 22.3. The van der Waals surface area contributed by atoms with E-state index in [4.69, 9.17) is 17.3 Å². The number of likely N-dealkylation sites (tertiary alicyclic amines) is 1. The number of carbonyl (C=O) groups is 1. The zero-order valence-corrected chi connectivity index (χ0v) is 14.5. The van der Waals surface area contributed by atoms with Crippen molar-refractivity contribution in [3.8, 4) is 0 Å². The SMILES string of the molecule is CC1CCN(C(=O)c2ccc(Cl)cc2Br)C(CN)C1.Cl. The minimum atomic E-state index is 0. The van der Waals surface area contributed by atoms with Gasteiger partial charge in [0.1, 0.15) is 0 Å². The molecule has 2 rings (SSSR count). The van der Waals surface area contributed by atoms with Crippen LogP contribution < -0.4 is 5.73 Å². The number of amides is 1. The molecule has 2 atom stereocenters. The fraction of sp³-hybridized carbons (Fsp3) is 0.500. The Labute approximate surface area is 139 Å². The molecule has 1 aliphatic rings. The van der Waals surface area contributed by atoms with E-state index >= 15 is 0 Å². The van der Waals surface area contributed by atoms with Crippen molar-refractivity contribution in [2.24, 2.45) is 11.7 Å². The number of rotatable bonds is 2. The average Bonchev–Trinajstić information content (AvgIpc) is 2.37. The highest BCUT2D eigenvalue weighted by Crippen LogP contribution is 2.27. The molecule has 2 unspecified atom stereocenters. The first-order valence-electron chi connectivity index (χ1n) is 6.49. The van der Waals surface area contributed by atoms with Crippen LogP contribution in [-0.4, -0.2) is 29.9 Å². The number of halogens is 3. The van der Waals surface area contributed by atoms with E-state index < -0.39 is 0 Å². The average molecular weight is 382 g/mol. The predicted molar refractivity (Wildman–Crippen MR) is 88.7 cm³/mol. The molecule has 1 fully saturated rings. The van der Waals surface area contributed by atoms with E-state index in [0.717, 1.165) is 23.9 Å². The number of hydrogen-bond acceptors (Lipinski definition) is 2. The lowest BCUT2D eigenvalue weighted by atomic mass is 9.92. The molecule has 1 aromatic carbocycles. The summed E-state index contributed by atoms with van der Waals surface area (Å²) >= 11 is 9.31. The van der Waals surface area contributed by atoms with E-state index in [1.807, 2.05) is 4.90 Å². The Balaban J connectivity index is 0.00000200. The van der Waals surface area contributed by atoms with Crippen molar-refractivity contribution < 1.29 is 4.79 Å². The number of nitrogens with zero attached hydrogens (tertiary/aromatic N) is 1. The van der Waals surface area contributed by atoms with Gasteiger partial charge in [0.2, 0.25) is 0 Å². The lowest BCUT2D eigenvalue weighted by Crippen LogP contribution is -2.49. The quantitative estimate of drug-likeness (QED) is 0.848. The minimum absolute atomic E-state index is 0. The summed E-state index contributed by atoms with van der Waals surface area (Å²) in [5.41, 5.74) is 6.46. The second-order valence-electron chi connectivity index (χ2n) is 5.14. The summed E-state index contributed by atoms with van der Waals surface area (Å²) in [7, 11) is 0. The van der Waals surface area contributed by atoms with Crippen molar-refractivity contribution in [1.29, 1.82) is 0 Å². The van der Waals surface area contributed by atoms with Crippen LogP contribution in [0.3, 0.4) is 0 Å². The van der Waals surface area contributed by atoms with Gasteiger partial charge in [0.05, 0.1) is 5.56 Å². The first-order chi connectivity index (χ1) is 9.02. The second kappa shape index (κ2) is 7.64. The van der Waals surface area contributed by atoms with Crippen LogP contribution in [0.25, 0.3) is 0 Å². The van der Waals surface area contributed by atoms with Crippen molar-refractivity contribution in [2.45, 2.75) is 25.8 Å². The summed E-state index contributed by atoms with van der Waals surface area (Å²) in [4.78, 5) is 14.5. The molecule has 0 aliphatic carbocycles. The first kappa shape index (κ1) is 17.8. The number of nitrogens with two attached hydrogens (primary N) is 1. The molecule has 2 N–H and O–H groups in total. The van der Waals surface area contributed by atoms with Crippen LogP contribution in [0.4, 0.5) is 0 Å². The van der Waals surface area contributed by atoms with Gasteiger partial charge in [0, 0.05) is 28.6 Å². The van der Waals surface area contributed by atoms with Gasteiger partial charge in [0.15, 0.2) is 0 Å². The lowest BCUT2D eigenvalue weighted by Gasteiger charge is -2.38. The highest BCUT2D eigenvalue weighted by molar-refractivity contribution is 9.10. The van der Waals surface area contributed by atoms with E-state index in [1.54, 1.807) is 18.2 Å².